The Hall–Kier alpha value is -1.81. The first-order valence-electron chi connectivity index (χ1n) is 8.89. The van der Waals surface area contributed by atoms with Crippen LogP contribution < -0.4 is 10.1 Å². The second-order valence-corrected chi connectivity index (χ2v) is 6.29. The van der Waals surface area contributed by atoms with Gasteiger partial charge in [-0.2, -0.15) is 5.10 Å². The normalized spacial score (nSPS) is 17.4. The van der Waals surface area contributed by atoms with E-state index in [0.29, 0.717) is 6.61 Å². The average Bonchev–Trinajstić information content (AvgIpc) is 3.12. The van der Waals surface area contributed by atoms with E-state index in [2.05, 4.69) is 26.4 Å². The van der Waals surface area contributed by atoms with Gasteiger partial charge in [-0.05, 0) is 18.1 Å². The Morgan fingerprint density at radius 1 is 1.41 bits per heavy atom. The van der Waals surface area contributed by atoms with Crippen LogP contribution in [0.5, 0.6) is 5.75 Å². The van der Waals surface area contributed by atoms with Gasteiger partial charge in [0.2, 0.25) is 0 Å². The summed E-state index contributed by atoms with van der Waals surface area (Å²) in [6, 6.07) is 8.11. The molecular formula is C19H28IN5O2. The average molecular weight is 485 g/mol. The zero-order chi connectivity index (χ0) is 18.4. The van der Waals surface area contributed by atoms with E-state index >= 15 is 0 Å². The molecule has 7 nitrogen and oxygen atoms in total. The maximum absolute atomic E-state index is 5.91. The van der Waals surface area contributed by atoms with Gasteiger partial charge in [0.15, 0.2) is 5.96 Å². The molecule has 0 spiro atoms. The molecule has 2 heterocycles. The van der Waals surface area contributed by atoms with E-state index in [-0.39, 0.29) is 30.1 Å². The highest BCUT2D eigenvalue weighted by atomic mass is 127. The van der Waals surface area contributed by atoms with E-state index in [4.69, 9.17) is 9.47 Å². The Balaban J connectivity index is 0.00000261. The fourth-order valence-electron chi connectivity index (χ4n) is 3.20. The molecule has 1 saturated heterocycles. The lowest BCUT2D eigenvalue weighted by Gasteiger charge is -2.34. The summed E-state index contributed by atoms with van der Waals surface area (Å²) in [6.45, 7) is 3.06. The summed E-state index contributed by atoms with van der Waals surface area (Å²) >= 11 is 0. The zero-order valence-electron chi connectivity index (χ0n) is 16.1. The monoisotopic (exact) mass is 485 g/mol. The largest absolute Gasteiger partial charge is 0.496 e. The minimum Gasteiger partial charge on any atom is -0.496 e. The van der Waals surface area contributed by atoms with Crippen LogP contribution in [-0.2, 0) is 18.2 Å². The number of benzene rings is 1. The minimum atomic E-state index is 0. The molecule has 0 bridgehead atoms. The number of aryl methyl sites for hydroxylation is 1. The molecule has 1 fully saturated rings. The Kier molecular flexibility index (Phi) is 8.36. The predicted molar refractivity (Wildman–Crippen MR) is 117 cm³/mol. The maximum Gasteiger partial charge on any atom is 0.193 e. The van der Waals surface area contributed by atoms with Crippen molar-refractivity contribution in [3.05, 3.63) is 47.8 Å². The van der Waals surface area contributed by atoms with Crippen molar-refractivity contribution in [2.75, 3.05) is 40.4 Å². The van der Waals surface area contributed by atoms with Crippen LogP contribution in [0, 0.1) is 0 Å². The molecule has 0 radical (unpaired) electrons. The lowest BCUT2D eigenvalue weighted by molar-refractivity contribution is -0.00800. The molecule has 1 aliphatic heterocycles. The second kappa shape index (κ2) is 10.5. The molecule has 0 aliphatic carbocycles. The maximum atomic E-state index is 5.91. The second-order valence-electron chi connectivity index (χ2n) is 6.29. The number of rotatable bonds is 5. The Morgan fingerprint density at radius 2 is 2.22 bits per heavy atom. The summed E-state index contributed by atoms with van der Waals surface area (Å²) in [6.07, 6.45) is 4.77. The van der Waals surface area contributed by atoms with Gasteiger partial charge in [0, 0.05) is 38.9 Å². The standard InChI is InChI=1S/C19H27N5O2.HI/c1-20-19(21-9-8-15-6-4-5-7-17(15)25-3)24-10-11-26-18(14-24)16-12-22-23(2)13-16;/h4-7,12-13,18H,8-11,14H2,1-3H3,(H,20,21);1H. The number of methoxy groups -OCH3 is 1. The minimum absolute atomic E-state index is 0. The Morgan fingerprint density at radius 3 is 2.93 bits per heavy atom. The number of ether oxygens (including phenoxy) is 2. The van der Waals surface area contributed by atoms with Crippen molar-refractivity contribution in [2.24, 2.45) is 12.0 Å². The van der Waals surface area contributed by atoms with Crippen molar-refractivity contribution in [2.45, 2.75) is 12.5 Å². The molecule has 148 valence electrons. The van der Waals surface area contributed by atoms with Crippen molar-refractivity contribution >= 4 is 29.9 Å². The summed E-state index contributed by atoms with van der Waals surface area (Å²) < 4.78 is 13.1. The van der Waals surface area contributed by atoms with Gasteiger partial charge in [-0.1, -0.05) is 18.2 Å². The third kappa shape index (κ3) is 5.58. The van der Waals surface area contributed by atoms with Crippen LogP contribution in [0.2, 0.25) is 0 Å². The zero-order valence-corrected chi connectivity index (χ0v) is 18.4. The van der Waals surface area contributed by atoms with Crippen LogP contribution >= 0.6 is 24.0 Å². The molecule has 1 aliphatic rings. The van der Waals surface area contributed by atoms with E-state index in [1.54, 1.807) is 11.8 Å². The fraction of sp³-hybridized carbons (Fsp3) is 0.474. The van der Waals surface area contributed by atoms with E-state index < -0.39 is 0 Å². The molecule has 27 heavy (non-hydrogen) atoms. The fourth-order valence-corrected chi connectivity index (χ4v) is 3.20. The van der Waals surface area contributed by atoms with Crippen molar-refractivity contribution in [3.8, 4) is 5.75 Å². The molecule has 1 unspecified atom stereocenters. The van der Waals surface area contributed by atoms with Gasteiger partial charge in [0.05, 0.1) is 26.5 Å². The first-order chi connectivity index (χ1) is 12.7. The quantitative estimate of drug-likeness (QED) is 0.400. The van der Waals surface area contributed by atoms with Crippen LogP contribution in [0.15, 0.2) is 41.7 Å². The summed E-state index contributed by atoms with van der Waals surface area (Å²) in [5, 5.41) is 7.70. The van der Waals surface area contributed by atoms with Crippen LogP contribution in [0.4, 0.5) is 0 Å². The predicted octanol–water partition coefficient (Wildman–Crippen LogP) is 2.24. The first kappa shape index (κ1) is 21.5. The molecule has 0 saturated carbocycles. The highest BCUT2D eigenvalue weighted by Gasteiger charge is 2.25. The van der Waals surface area contributed by atoms with Crippen LogP contribution in [0.25, 0.3) is 0 Å². The van der Waals surface area contributed by atoms with Gasteiger partial charge in [-0.3, -0.25) is 9.67 Å². The molecule has 1 aromatic carbocycles. The molecule has 0 amide bonds. The van der Waals surface area contributed by atoms with E-state index in [9.17, 15) is 0 Å². The van der Waals surface area contributed by atoms with Crippen LogP contribution in [-0.4, -0.2) is 61.0 Å². The summed E-state index contributed by atoms with van der Waals surface area (Å²) in [7, 11) is 5.44. The molecule has 2 aromatic rings. The number of para-hydroxylation sites is 1. The van der Waals surface area contributed by atoms with Crippen molar-refractivity contribution in [3.63, 3.8) is 0 Å². The lowest BCUT2D eigenvalue weighted by atomic mass is 10.1. The molecule has 1 aromatic heterocycles. The number of aromatic nitrogens is 2. The van der Waals surface area contributed by atoms with E-state index in [1.807, 2.05) is 44.7 Å². The first-order valence-corrected chi connectivity index (χ1v) is 8.89. The van der Waals surface area contributed by atoms with E-state index in [1.165, 1.54) is 5.56 Å². The van der Waals surface area contributed by atoms with Crippen molar-refractivity contribution in [1.29, 1.82) is 0 Å². The lowest BCUT2D eigenvalue weighted by Crippen LogP contribution is -2.48. The van der Waals surface area contributed by atoms with Gasteiger partial charge in [0.1, 0.15) is 11.9 Å². The number of aliphatic imine (C=N–C) groups is 1. The Bertz CT molecular complexity index is 749. The number of morpholine rings is 1. The van der Waals surface area contributed by atoms with Gasteiger partial charge < -0.3 is 19.7 Å². The molecular weight excluding hydrogens is 457 g/mol. The van der Waals surface area contributed by atoms with Gasteiger partial charge in [-0.15, -0.1) is 24.0 Å². The molecule has 3 rings (SSSR count). The SMILES string of the molecule is CN=C(NCCc1ccccc1OC)N1CCOC(c2cnn(C)c2)C1.I. The number of nitrogens with zero attached hydrogens (tertiary/aromatic N) is 4. The van der Waals surface area contributed by atoms with Gasteiger partial charge in [0.25, 0.3) is 0 Å². The summed E-state index contributed by atoms with van der Waals surface area (Å²) in [4.78, 5) is 6.68. The number of hydrogen-bond acceptors (Lipinski definition) is 4. The van der Waals surface area contributed by atoms with Crippen LogP contribution in [0.1, 0.15) is 17.2 Å². The van der Waals surface area contributed by atoms with Crippen molar-refractivity contribution in [1.82, 2.24) is 20.0 Å². The van der Waals surface area contributed by atoms with Crippen molar-refractivity contribution < 1.29 is 9.47 Å². The van der Waals surface area contributed by atoms with E-state index in [0.717, 1.165) is 43.3 Å². The number of hydrogen-bond donors (Lipinski definition) is 1. The van der Waals surface area contributed by atoms with Crippen LogP contribution in [0.3, 0.4) is 0 Å². The number of nitrogens with one attached hydrogen (secondary N) is 1. The molecule has 1 atom stereocenters. The Labute approximate surface area is 177 Å². The number of halogens is 1. The number of guanidine groups is 1. The third-order valence-electron chi connectivity index (χ3n) is 4.54. The third-order valence-corrected chi connectivity index (χ3v) is 4.54. The molecule has 8 heteroatoms. The topological polar surface area (TPSA) is 63.9 Å². The highest BCUT2D eigenvalue weighted by molar-refractivity contribution is 14.0. The van der Waals surface area contributed by atoms with Gasteiger partial charge >= 0.3 is 0 Å². The summed E-state index contributed by atoms with van der Waals surface area (Å²) in [5.74, 6) is 1.82. The molecule has 1 N–H and O–H groups in total. The summed E-state index contributed by atoms with van der Waals surface area (Å²) in [5.41, 5.74) is 2.29. The van der Waals surface area contributed by atoms with Gasteiger partial charge in [-0.25, -0.2) is 0 Å². The smallest absolute Gasteiger partial charge is 0.193 e. The highest BCUT2D eigenvalue weighted by Crippen LogP contribution is 2.21.